The van der Waals surface area contributed by atoms with E-state index in [1.54, 1.807) is 0 Å². The Hall–Kier alpha value is -3.46. The molecule has 2 heterocycles. The van der Waals surface area contributed by atoms with Crippen LogP contribution in [0.15, 0.2) is 48.5 Å². The van der Waals surface area contributed by atoms with Crippen molar-refractivity contribution in [2.45, 2.75) is 30.7 Å². The monoisotopic (exact) mass is 564 g/mol. The predicted molar refractivity (Wildman–Crippen MR) is 116 cm³/mol. The first-order valence-electron chi connectivity index (χ1n) is 10.0. The Kier molecular flexibility index (Phi) is 7.28. The fraction of sp³-hybridized carbons (Fsp3) is 0.333. The molecule has 37 heavy (non-hydrogen) atoms. The maximum Gasteiger partial charge on any atom is 0.449 e. The lowest BCUT2D eigenvalue weighted by Crippen LogP contribution is -2.57. The molecule has 2 aliphatic heterocycles. The fourth-order valence-electron chi connectivity index (χ4n) is 3.37. The third kappa shape index (κ3) is 6.28. The third-order valence-corrected chi connectivity index (χ3v) is 6.70. The molecule has 2 aliphatic rings. The van der Waals surface area contributed by atoms with Gasteiger partial charge in [-0.3, -0.25) is 20.2 Å². The lowest BCUT2D eigenvalue weighted by molar-refractivity contribution is -0.385. The lowest BCUT2D eigenvalue weighted by atomic mass is 10.0. The van der Waals surface area contributed by atoms with E-state index in [2.05, 4.69) is 0 Å². The molecule has 19 heteroatoms. The van der Waals surface area contributed by atoms with E-state index in [0.29, 0.717) is 0 Å². The zero-order valence-corrected chi connectivity index (χ0v) is 19.7. The molecule has 2 aromatic rings. The summed E-state index contributed by atoms with van der Waals surface area (Å²) in [6.45, 7) is -0.303. The summed E-state index contributed by atoms with van der Waals surface area (Å²) in [4.78, 5) is 20.0. The Morgan fingerprint density at radius 3 is 1.65 bits per heavy atom. The van der Waals surface area contributed by atoms with Crippen molar-refractivity contribution in [3.05, 3.63) is 68.8 Å². The number of benzene rings is 2. The van der Waals surface area contributed by atoms with Gasteiger partial charge in [-0.15, -0.1) is 0 Å². The maximum absolute atomic E-state index is 12.4. The number of aliphatic hydroxyl groups is 1. The highest BCUT2D eigenvalue weighted by Crippen LogP contribution is 2.34. The number of fused-ring (bicyclic) bond motifs is 2. The highest BCUT2D eigenvalue weighted by atomic mass is 32.3. The van der Waals surface area contributed by atoms with Gasteiger partial charge in [0.1, 0.15) is 29.8 Å². The summed E-state index contributed by atoms with van der Waals surface area (Å²) in [5.74, 6) is -0.696. The van der Waals surface area contributed by atoms with Gasteiger partial charge < -0.3 is 22.9 Å². The Morgan fingerprint density at radius 2 is 1.22 bits per heavy atom. The van der Waals surface area contributed by atoms with E-state index in [0.717, 1.165) is 48.5 Å². The van der Waals surface area contributed by atoms with Gasteiger partial charge >= 0.3 is 20.8 Å². The largest absolute Gasteiger partial charge is 0.449 e. The number of hydrogen-bond acceptors (Lipinski definition) is 15. The second kappa shape index (κ2) is 10.1. The first-order valence-corrected chi connectivity index (χ1v) is 12.7. The van der Waals surface area contributed by atoms with Crippen LogP contribution < -0.4 is 8.37 Å². The van der Waals surface area contributed by atoms with E-state index in [-0.39, 0.29) is 29.5 Å². The summed E-state index contributed by atoms with van der Waals surface area (Å²) in [7, 11) is -9.84. The van der Waals surface area contributed by atoms with Gasteiger partial charge in [-0.2, -0.15) is 16.8 Å². The summed E-state index contributed by atoms with van der Waals surface area (Å²) in [5, 5.41) is 32.1. The lowest BCUT2D eigenvalue weighted by Gasteiger charge is -2.36. The minimum Gasteiger partial charge on any atom is -0.387 e. The predicted octanol–water partition coefficient (Wildman–Crippen LogP) is 0.337. The topological polar surface area (TPSA) is 230 Å². The van der Waals surface area contributed by atoms with E-state index < -0.39 is 61.4 Å². The van der Waals surface area contributed by atoms with Crippen molar-refractivity contribution >= 4 is 32.2 Å². The molecule has 2 bridgehead atoms. The molecule has 0 saturated carbocycles. The molecule has 1 N–H and O–H groups in total. The van der Waals surface area contributed by atoms with Crippen LogP contribution in [0.25, 0.3) is 0 Å². The van der Waals surface area contributed by atoms with Crippen LogP contribution in [0.3, 0.4) is 0 Å². The third-order valence-electron chi connectivity index (χ3n) is 4.99. The van der Waals surface area contributed by atoms with Crippen molar-refractivity contribution in [3.8, 4) is 11.5 Å². The Bertz CT molecular complexity index is 1270. The normalized spacial score (nSPS) is 25.4. The summed E-state index contributed by atoms with van der Waals surface area (Å²) < 4.78 is 79.3. The number of rotatable bonds is 10. The molecule has 0 radical (unpaired) electrons. The minimum atomic E-state index is -4.93. The maximum atomic E-state index is 12.4. The molecule has 17 nitrogen and oxygen atoms in total. The quantitative estimate of drug-likeness (QED) is 0.303. The second-order valence-corrected chi connectivity index (χ2v) is 9.82. The highest BCUT2D eigenvalue weighted by molar-refractivity contribution is 7.82. The van der Waals surface area contributed by atoms with Gasteiger partial charge in [0.2, 0.25) is 0 Å². The van der Waals surface area contributed by atoms with Crippen molar-refractivity contribution in [2.75, 3.05) is 6.61 Å². The van der Waals surface area contributed by atoms with E-state index in [1.807, 2.05) is 0 Å². The number of non-ortho nitro benzene ring substituents is 2. The molecule has 2 fully saturated rings. The van der Waals surface area contributed by atoms with E-state index >= 15 is 0 Å². The number of nitrogens with zero attached hydrogens (tertiary/aromatic N) is 2. The number of ether oxygens (including phenoxy) is 2. The van der Waals surface area contributed by atoms with Crippen molar-refractivity contribution in [1.29, 1.82) is 0 Å². The zero-order chi connectivity index (χ0) is 27.0. The Balaban J connectivity index is 1.45. The van der Waals surface area contributed by atoms with Crippen LogP contribution in [0.5, 0.6) is 11.5 Å². The van der Waals surface area contributed by atoms with Crippen LogP contribution in [0.1, 0.15) is 0 Å². The van der Waals surface area contributed by atoms with Crippen LogP contribution in [-0.2, 0) is 38.6 Å². The molecule has 0 aromatic heterocycles. The van der Waals surface area contributed by atoms with Gasteiger partial charge in [0.15, 0.2) is 12.4 Å². The van der Waals surface area contributed by atoms with Crippen LogP contribution in [0, 0.1) is 20.2 Å². The SMILES string of the molecule is O=[N+]([O-])c1ccc(OS(=O)(=O)OC2[C@@H]3OCC(O3)[C@@H](OS(=O)(=O)Oc3ccc([N+](=O)[O-])cc3)[C@@H]2O)cc1. The minimum absolute atomic E-state index is 0.303. The summed E-state index contributed by atoms with van der Waals surface area (Å²) >= 11 is 0. The van der Waals surface area contributed by atoms with Crippen LogP contribution in [0.4, 0.5) is 11.4 Å². The van der Waals surface area contributed by atoms with Crippen LogP contribution >= 0.6 is 0 Å². The van der Waals surface area contributed by atoms with E-state index in [1.165, 1.54) is 0 Å². The summed E-state index contributed by atoms with van der Waals surface area (Å²) in [6, 6.07) is 7.90. The summed E-state index contributed by atoms with van der Waals surface area (Å²) in [6.07, 6.45) is -8.14. The molecule has 200 valence electrons. The van der Waals surface area contributed by atoms with E-state index in [4.69, 9.17) is 26.2 Å². The van der Waals surface area contributed by atoms with Gasteiger partial charge in [0.25, 0.3) is 11.4 Å². The molecule has 2 saturated heterocycles. The Morgan fingerprint density at radius 1 is 0.784 bits per heavy atom. The van der Waals surface area contributed by atoms with Crippen molar-refractivity contribution in [2.24, 2.45) is 0 Å². The zero-order valence-electron chi connectivity index (χ0n) is 18.1. The molecule has 0 amide bonds. The van der Waals surface area contributed by atoms with Crippen molar-refractivity contribution in [3.63, 3.8) is 0 Å². The van der Waals surface area contributed by atoms with Crippen molar-refractivity contribution in [1.82, 2.24) is 0 Å². The van der Waals surface area contributed by atoms with Crippen LogP contribution in [0.2, 0.25) is 0 Å². The number of hydrogen-bond donors (Lipinski definition) is 1. The van der Waals surface area contributed by atoms with Crippen molar-refractivity contribution < 1.29 is 58.0 Å². The van der Waals surface area contributed by atoms with Gasteiger partial charge in [-0.25, -0.2) is 8.37 Å². The first-order chi connectivity index (χ1) is 17.3. The van der Waals surface area contributed by atoms with E-state index in [9.17, 15) is 42.2 Å². The molecule has 2 aromatic carbocycles. The molecule has 2 unspecified atom stereocenters. The van der Waals surface area contributed by atoms with Crippen LogP contribution in [-0.4, -0.2) is 69.1 Å². The Labute approximate surface area is 208 Å². The molecular weight excluding hydrogens is 548 g/mol. The fourth-order valence-corrected chi connectivity index (χ4v) is 5.13. The average Bonchev–Trinajstić information content (AvgIpc) is 3.26. The molecular formula is C18H16N2O15S2. The molecule has 5 atom stereocenters. The van der Waals surface area contributed by atoms with Gasteiger partial charge in [-0.05, 0) is 24.3 Å². The first kappa shape index (κ1) is 26.6. The number of aliphatic hydroxyl groups excluding tert-OH is 1. The molecule has 0 spiro atoms. The molecule has 4 rings (SSSR count). The standard InChI is InChI=1S/C18H16N2O15S2/c21-15-16(34-36(26,27)32-12-5-1-10(2-6-12)19(22)23)14-9-30-18(31-14)17(15)35-37(28,29)33-13-7-3-11(4-8-13)20(24)25/h1-8,14-18,21H,9H2/t14?,15-,16+,17?,18+/m0/s1. The van der Waals surface area contributed by atoms with Gasteiger partial charge in [0, 0.05) is 24.3 Å². The van der Waals surface area contributed by atoms with Gasteiger partial charge in [0.05, 0.1) is 16.5 Å². The second-order valence-electron chi connectivity index (χ2n) is 7.47. The number of nitro groups is 2. The number of nitro benzene ring substituents is 2. The highest BCUT2D eigenvalue weighted by Gasteiger charge is 2.55. The smallest absolute Gasteiger partial charge is 0.387 e. The van der Waals surface area contributed by atoms with Gasteiger partial charge in [-0.1, -0.05) is 0 Å². The average molecular weight is 564 g/mol. The summed E-state index contributed by atoms with van der Waals surface area (Å²) in [5.41, 5.74) is -0.655. The molecule has 0 aliphatic carbocycles.